The van der Waals surface area contributed by atoms with Gasteiger partial charge >= 0.3 is 5.97 Å². The average Bonchev–Trinajstić information content (AvgIpc) is 2.29. The Labute approximate surface area is 96.4 Å². The van der Waals surface area contributed by atoms with Crippen LogP contribution in [0.4, 0.5) is 0 Å². The Morgan fingerprint density at radius 3 is 2.56 bits per heavy atom. The van der Waals surface area contributed by atoms with Gasteiger partial charge in [0.25, 0.3) is 0 Å². The fraction of sp³-hybridized carbons (Fsp3) is 0.462. The van der Waals surface area contributed by atoms with Crippen molar-refractivity contribution in [2.75, 3.05) is 13.2 Å². The van der Waals surface area contributed by atoms with Crippen molar-refractivity contribution in [3.8, 4) is 5.75 Å². The van der Waals surface area contributed by atoms with Crippen LogP contribution < -0.4 is 4.74 Å². The standard InChI is InChI=1S/C13H17O3/c1-12(14)15-10-6-3-7-11-16-13-8-4-2-5-9-13/h4-5,8-9H,3,6-7,10-11H2,1H3. The van der Waals surface area contributed by atoms with Crippen LogP contribution in [0.1, 0.15) is 26.2 Å². The molecule has 0 aromatic heterocycles. The molecule has 1 aromatic rings. The topological polar surface area (TPSA) is 35.5 Å². The first-order valence-corrected chi connectivity index (χ1v) is 5.51. The zero-order chi connectivity index (χ0) is 11.6. The van der Waals surface area contributed by atoms with Crippen molar-refractivity contribution in [2.45, 2.75) is 26.2 Å². The fourth-order valence-corrected chi connectivity index (χ4v) is 1.25. The third-order valence-electron chi connectivity index (χ3n) is 2.05. The summed E-state index contributed by atoms with van der Waals surface area (Å²) in [6.07, 6.45) is 2.87. The highest BCUT2D eigenvalue weighted by atomic mass is 16.5. The van der Waals surface area contributed by atoms with Crippen LogP contribution in [-0.2, 0) is 9.53 Å². The summed E-state index contributed by atoms with van der Waals surface area (Å²) >= 11 is 0. The molecule has 0 aliphatic carbocycles. The molecule has 0 bridgehead atoms. The molecular weight excluding hydrogens is 204 g/mol. The normalized spacial score (nSPS) is 9.81. The second kappa shape index (κ2) is 7.74. The van der Waals surface area contributed by atoms with Gasteiger partial charge < -0.3 is 9.47 Å². The molecule has 0 amide bonds. The van der Waals surface area contributed by atoms with Gasteiger partial charge in [-0.25, -0.2) is 0 Å². The van der Waals surface area contributed by atoms with Crippen molar-refractivity contribution in [1.82, 2.24) is 0 Å². The first kappa shape index (κ1) is 12.6. The van der Waals surface area contributed by atoms with Crippen LogP contribution in [0.15, 0.2) is 24.3 Å². The van der Waals surface area contributed by atoms with Crippen molar-refractivity contribution < 1.29 is 14.3 Å². The van der Waals surface area contributed by atoms with Gasteiger partial charge in [-0.05, 0) is 37.5 Å². The minimum Gasteiger partial charge on any atom is -0.494 e. The molecule has 1 rings (SSSR count). The van der Waals surface area contributed by atoms with E-state index in [1.165, 1.54) is 6.92 Å². The molecule has 0 fully saturated rings. The lowest BCUT2D eigenvalue weighted by atomic mass is 10.2. The maximum absolute atomic E-state index is 10.5. The number of hydrogen-bond acceptors (Lipinski definition) is 3. The maximum atomic E-state index is 10.5. The van der Waals surface area contributed by atoms with E-state index in [9.17, 15) is 4.79 Å². The smallest absolute Gasteiger partial charge is 0.302 e. The first-order chi connectivity index (χ1) is 7.79. The van der Waals surface area contributed by atoms with Crippen molar-refractivity contribution in [1.29, 1.82) is 0 Å². The number of benzene rings is 1. The molecule has 1 aromatic carbocycles. The summed E-state index contributed by atoms with van der Waals surface area (Å²) < 4.78 is 10.3. The molecule has 0 saturated heterocycles. The van der Waals surface area contributed by atoms with Gasteiger partial charge in [0.1, 0.15) is 5.75 Å². The molecule has 0 heterocycles. The monoisotopic (exact) mass is 221 g/mol. The Hall–Kier alpha value is -1.51. The highest BCUT2D eigenvalue weighted by Gasteiger charge is 1.94. The zero-order valence-electron chi connectivity index (χ0n) is 9.57. The molecule has 0 spiro atoms. The van der Waals surface area contributed by atoms with Gasteiger partial charge in [0.2, 0.25) is 0 Å². The van der Waals surface area contributed by atoms with E-state index in [-0.39, 0.29) is 5.97 Å². The molecule has 0 saturated carbocycles. The van der Waals surface area contributed by atoms with E-state index in [4.69, 9.17) is 9.47 Å². The maximum Gasteiger partial charge on any atom is 0.302 e. The number of unbranched alkanes of at least 4 members (excludes halogenated alkanes) is 2. The number of hydrogen-bond donors (Lipinski definition) is 0. The predicted octanol–water partition coefficient (Wildman–Crippen LogP) is 2.60. The lowest BCUT2D eigenvalue weighted by molar-refractivity contribution is -0.141. The Balaban J connectivity index is 1.94. The lowest BCUT2D eigenvalue weighted by Gasteiger charge is -2.05. The van der Waals surface area contributed by atoms with Gasteiger partial charge in [-0.3, -0.25) is 4.79 Å². The SMILES string of the molecule is CC(=O)OCCCCCOc1cc[c]cc1. The number of carbonyl (C=O) groups excluding carboxylic acids is 1. The van der Waals surface area contributed by atoms with E-state index in [1.807, 2.05) is 24.3 Å². The van der Waals surface area contributed by atoms with E-state index >= 15 is 0 Å². The predicted molar refractivity (Wildman–Crippen MR) is 61.3 cm³/mol. The molecule has 0 N–H and O–H groups in total. The van der Waals surface area contributed by atoms with Gasteiger partial charge in [0.05, 0.1) is 13.2 Å². The molecule has 3 nitrogen and oxygen atoms in total. The molecule has 0 unspecified atom stereocenters. The molecule has 0 aliphatic heterocycles. The Kier molecular flexibility index (Phi) is 6.07. The van der Waals surface area contributed by atoms with Crippen LogP contribution in [0, 0.1) is 6.07 Å². The van der Waals surface area contributed by atoms with Crippen LogP contribution in [0.25, 0.3) is 0 Å². The molecule has 0 aliphatic rings. The summed E-state index contributed by atoms with van der Waals surface area (Å²) in [6, 6.07) is 10.4. The number of ether oxygens (including phenoxy) is 2. The van der Waals surface area contributed by atoms with Crippen LogP contribution in [0.5, 0.6) is 5.75 Å². The summed E-state index contributed by atoms with van der Waals surface area (Å²) in [4.78, 5) is 10.5. The Bertz CT molecular complexity index is 295. The molecule has 1 radical (unpaired) electrons. The highest BCUT2D eigenvalue weighted by molar-refractivity contribution is 5.65. The summed E-state index contributed by atoms with van der Waals surface area (Å²) in [5.41, 5.74) is 0. The van der Waals surface area contributed by atoms with E-state index in [2.05, 4.69) is 6.07 Å². The number of rotatable bonds is 7. The molecule has 3 heteroatoms. The highest BCUT2D eigenvalue weighted by Crippen LogP contribution is 2.08. The van der Waals surface area contributed by atoms with Gasteiger partial charge in [-0.2, -0.15) is 0 Å². The molecule has 87 valence electrons. The van der Waals surface area contributed by atoms with Gasteiger partial charge in [0, 0.05) is 6.92 Å². The third-order valence-corrected chi connectivity index (χ3v) is 2.05. The Morgan fingerprint density at radius 2 is 1.88 bits per heavy atom. The minimum absolute atomic E-state index is 0.211. The van der Waals surface area contributed by atoms with Crippen molar-refractivity contribution in [3.63, 3.8) is 0 Å². The lowest BCUT2D eigenvalue weighted by Crippen LogP contribution is -2.02. The quantitative estimate of drug-likeness (QED) is 0.524. The summed E-state index contributed by atoms with van der Waals surface area (Å²) in [7, 11) is 0. The summed E-state index contributed by atoms with van der Waals surface area (Å²) in [6.45, 7) is 2.63. The van der Waals surface area contributed by atoms with Crippen LogP contribution in [0.3, 0.4) is 0 Å². The second-order valence-corrected chi connectivity index (χ2v) is 3.48. The van der Waals surface area contributed by atoms with Crippen LogP contribution >= 0.6 is 0 Å². The van der Waals surface area contributed by atoms with E-state index in [0.29, 0.717) is 13.2 Å². The van der Waals surface area contributed by atoms with Crippen LogP contribution in [-0.4, -0.2) is 19.2 Å². The number of carbonyl (C=O) groups is 1. The molecule has 0 atom stereocenters. The zero-order valence-corrected chi connectivity index (χ0v) is 9.57. The summed E-state index contributed by atoms with van der Waals surface area (Å²) in [5.74, 6) is 0.663. The van der Waals surface area contributed by atoms with E-state index in [0.717, 1.165) is 25.0 Å². The first-order valence-electron chi connectivity index (χ1n) is 5.51. The summed E-state index contributed by atoms with van der Waals surface area (Å²) in [5, 5.41) is 0. The Morgan fingerprint density at radius 1 is 1.19 bits per heavy atom. The van der Waals surface area contributed by atoms with Crippen LogP contribution in [0.2, 0.25) is 0 Å². The molecular formula is C13H17O3. The fourth-order valence-electron chi connectivity index (χ4n) is 1.25. The molecule has 16 heavy (non-hydrogen) atoms. The third kappa shape index (κ3) is 6.06. The van der Waals surface area contributed by atoms with Crippen molar-refractivity contribution >= 4 is 5.97 Å². The van der Waals surface area contributed by atoms with Gasteiger partial charge in [0.15, 0.2) is 0 Å². The van der Waals surface area contributed by atoms with E-state index < -0.39 is 0 Å². The van der Waals surface area contributed by atoms with Gasteiger partial charge in [-0.1, -0.05) is 12.1 Å². The van der Waals surface area contributed by atoms with Crippen molar-refractivity contribution in [2.24, 2.45) is 0 Å². The second-order valence-electron chi connectivity index (χ2n) is 3.48. The van der Waals surface area contributed by atoms with E-state index in [1.54, 1.807) is 0 Å². The largest absolute Gasteiger partial charge is 0.494 e. The minimum atomic E-state index is -0.211. The average molecular weight is 221 g/mol. The van der Waals surface area contributed by atoms with Crippen molar-refractivity contribution in [3.05, 3.63) is 30.3 Å². The van der Waals surface area contributed by atoms with Gasteiger partial charge in [-0.15, -0.1) is 0 Å². The number of esters is 1.